The fourth-order valence-corrected chi connectivity index (χ4v) is 3.84. The molecule has 7 nitrogen and oxygen atoms in total. The van der Waals surface area contributed by atoms with Gasteiger partial charge >= 0.3 is 0 Å². The SMILES string of the molecule is C=C(C=N/C(C)=C(\C)C1=CC(C#N)C(N2CCCCC2)N=C1)NC(=O)c1ccnc(C(F)F)c1. The van der Waals surface area contributed by atoms with Crippen LogP contribution in [0.5, 0.6) is 0 Å². The van der Waals surface area contributed by atoms with E-state index >= 15 is 0 Å². The first-order valence-electron chi connectivity index (χ1n) is 11.1. The second kappa shape index (κ2) is 11.6. The Balaban J connectivity index is 1.65. The number of alkyl halides is 2. The zero-order valence-corrected chi connectivity index (χ0v) is 19.3. The van der Waals surface area contributed by atoms with E-state index in [2.05, 4.69) is 37.8 Å². The Kier molecular flexibility index (Phi) is 8.55. The molecule has 1 saturated heterocycles. The van der Waals surface area contributed by atoms with Gasteiger partial charge in [0.1, 0.15) is 17.8 Å². The number of hydrogen-bond donors (Lipinski definition) is 1. The van der Waals surface area contributed by atoms with Crippen molar-refractivity contribution in [3.63, 3.8) is 0 Å². The quantitative estimate of drug-likeness (QED) is 0.595. The van der Waals surface area contributed by atoms with Gasteiger partial charge in [0.05, 0.1) is 18.0 Å². The third-order valence-corrected chi connectivity index (χ3v) is 5.89. The van der Waals surface area contributed by atoms with Crippen molar-refractivity contribution < 1.29 is 13.6 Å². The molecule has 2 aliphatic heterocycles. The number of hydrogen-bond acceptors (Lipinski definition) is 6. The van der Waals surface area contributed by atoms with Crippen LogP contribution in [0, 0.1) is 17.2 Å². The average Bonchev–Trinajstić information content (AvgIpc) is 2.86. The number of amides is 1. The summed E-state index contributed by atoms with van der Waals surface area (Å²) in [5.41, 5.74) is 2.15. The Hall–Kier alpha value is -3.51. The minimum Gasteiger partial charge on any atom is -0.321 e. The fourth-order valence-electron chi connectivity index (χ4n) is 3.84. The normalized spacial score (nSPS) is 21.7. The molecule has 0 aromatic carbocycles. The highest BCUT2D eigenvalue weighted by Gasteiger charge is 2.29. The second-order valence-corrected chi connectivity index (χ2v) is 8.28. The number of pyridine rings is 1. The van der Waals surface area contributed by atoms with Gasteiger partial charge in [0.25, 0.3) is 12.3 Å². The van der Waals surface area contributed by atoms with Crippen molar-refractivity contribution in [2.45, 2.75) is 45.7 Å². The third-order valence-electron chi connectivity index (χ3n) is 5.89. The summed E-state index contributed by atoms with van der Waals surface area (Å²) in [5.74, 6) is -0.917. The molecule has 0 spiro atoms. The van der Waals surface area contributed by atoms with Gasteiger partial charge < -0.3 is 5.32 Å². The summed E-state index contributed by atoms with van der Waals surface area (Å²) in [4.78, 5) is 27.2. The molecule has 34 heavy (non-hydrogen) atoms. The highest BCUT2D eigenvalue weighted by atomic mass is 19.3. The van der Waals surface area contributed by atoms with E-state index in [1.165, 1.54) is 18.7 Å². The number of piperidine rings is 1. The number of aromatic nitrogens is 1. The first kappa shape index (κ1) is 25.1. The highest BCUT2D eigenvalue weighted by Crippen LogP contribution is 2.26. The Morgan fingerprint density at radius 2 is 2.09 bits per heavy atom. The van der Waals surface area contributed by atoms with E-state index in [0.717, 1.165) is 49.3 Å². The number of carbonyl (C=O) groups excluding carboxylic acids is 1. The lowest BCUT2D eigenvalue weighted by Gasteiger charge is -2.35. The van der Waals surface area contributed by atoms with Crippen molar-refractivity contribution in [3.05, 3.63) is 64.8 Å². The molecule has 3 rings (SSSR count). The highest BCUT2D eigenvalue weighted by molar-refractivity contribution is 5.98. The van der Waals surface area contributed by atoms with Crippen molar-refractivity contribution >= 4 is 18.3 Å². The predicted molar refractivity (Wildman–Crippen MR) is 128 cm³/mol. The molecule has 2 aliphatic rings. The van der Waals surface area contributed by atoms with Crippen molar-refractivity contribution in [1.82, 2.24) is 15.2 Å². The van der Waals surface area contributed by atoms with Crippen LogP contribution >= 0.6 is 0 Å². The summed E-state index contributed by atoms with van der Waals surface area (Å²) in [6.45, 7) is 9.37. The second-order valence-electron chi connectivity index (χ2n) is 8.28. The number of rotatable bonds is 7. The van der Waals surface area contributed by atoms with Crippen LogP contribution in [0.4, 0.5) is 8.78 Å². The van der Waals surface area contributed by atoms with Crippen LogP contribution in [0.15, 0.2) is 63.5 Å². The fraction of sp³-hybridized carbons (Fsp3) is 0.400. The Labute approximate surface area is 198 Å². The molecule has 3 heterocycles. The number of likely N-dealkylation sites (tertiary alicyclic amines) is 1. The zero-order chi connectivity index (χ0) is 24.7. The maximum absolute atomic E-state index is 12.8. The molecule has 0 saturated carbocycles. The molecule has 1 fully saturated rings. The molecule has 0 aliphatic carbocycles. The van der Waals surface area contributed by atoms with Gasteiger partial charge in [0.2, 0.25) is 0 Å². The van der Waals surface area contributed by atoms with Gasteiger partial charge in [-0.15, -0.1) is 0 Å². The number of aliphatic imine (C=N–C) groups is 2. The van der Waals surface area contributed by atoms with Gasteiger partial charge in [0, 0.05) is 36.8 Å². The molecule has 1 aromatic rings. The first-order chi connectivity index (χ1) is 16.3. The number of carbonyl (C=O) groups is 1. The lowest BCUT2D eigenvalue weighted by atomic mass is 9.95. The van der Waals surface area contributed by atoms with Gasteiger partial charge in [-0.1, -0.05) is 19.1 Å². The Morgan fingerprint density at radius 1 is 1.35 bits per heavy atom. The monoisotopic (exact) mass is 466 g/mol. The smallest absolute Gasteiger partial charge is 0.280 e. The molecule has 1 amide bonds. The van der Waals surface area contributed by atoms with Gasteiger partial charge in [-0.3, -0.25) is 24.7 Å². The lowest BCUT2D eigenvalue weighted by Crippen LogP contribution is -2.43. The molecular weight excluding hydrogens is 438 g/mol. The van der Waals surface area contributed by atoms with E-state index in [1.807, 2.05) is 19.9 Å². The van der Waals surface area contributed by atoms with Crippen LogP contribution in [-0.2, 0) is 0 Å². The number of halogens is 2. The summed E-state index contributed by atoms with van der Waals surface area (Å²) in [6, 6.07) is 4.75. The van der Waals surface area contributed by atoms with Crippen molar-refractivity contribution in [2.24, 2.45) is 15.9 Å². The van der Waals surface area contributed by atoms with Crippen molar-refractivity contribution in [2.75, 3.05) is 13.1 Å². The molecule has 0 bridgehead atoms. The molecule has 1 N–H and O–H groups in total. The largest absolute Gasteiger partial charge is 0.321 e. The van der Waals surface area contributed by atoms with Gasteiger partial charge in [0.15, 0.2) is 0 Å². The molecule has 9 heteroatoms. The predicted octanol–water partition coefficient (Wildman–Crippen LogP) is 4.59. The van der Waals surface area contributed by atoms with E-state index in [0.29, 0.717) is 5.70 Å². The van der Waals surface area contributed by atoms with Crippen LogP contribution < -0.4 is 5.32 Å². The molecule has 1 aromatic heterocycles. The summed E-state index contributed by atoms with van der Waals surface area (Å²) >= 11 is 0. The average molecular weight is 467 g/mol. The number of nitriles is 1. The topological polar surface area (TPSA) is 93.7 Å². The number of allylic oxidation sites excluding steroid dienone is 4. The van der Waals surface area contributed by atoms with Crippen molar-refractivity contribution in [3.8, 4) is 6.07 Å². The zero-order valence-electron chi connectivity index (χ0n) is 19.3. The minimum atomic E-state index is -2.76. The molecule has 2 atom stereocenters. The van der Waals surface area contributed by atoms with Crippen LogP contribution in [0.1, 0.15) is 55.6 Å². The van der Waals surface area contributed by atoms with Crippen LogP contribution in [-0.4, -0.2) is 47.5 Å². The summed E-state index contributed by atoms with van der Waals surface area (Å²) in [7, 11) is 0. The van der Waals surface area contributed by atoms with E-state index < -0.39 is 18.0 Å². The van der Waals surface area contributed by atoms with Crippen LogP contribution in [0.3, 0.4) is 0 Å². The summed E-state index contributed by atoms with van der Waals surface area (Å²) < 4.78 is 25.6. The van der Waals surface area contributed by atoms with Crippen molar-refractivity contribution in [1.29, 1.82) is 5.26 Å². The molecule has 178 valence electrons. The molecular formula is C25H28F2N6O. The lowest BCUT2D eigenvalue weighted by molar-refractivity contribution is 0.0967. The van der Waals surface area contributed by atoms with E-state index in [4.69, 9.17) is 0 Å². The van der Waals surface area contributed by atoms with Crippen LogP contribution in [0.25, 0.3) is 0 Å². The van der Waals surface area contributed by atoms with Crippen LogP contribution in [0.2, 0.25) is 0 Å². The minimum absolute atomic E-state index is 0.0534. The summed E-state index contributed by atoms with van der Waals surface area (Å²) in [5, 5.41) is 12.2. The third kappa shape index (κ3) is 6.29. The maximum atomic E-state index is 12.8. The Morgan fingerprint density at radius 3 is 2.76 bits per heavy atom. The summed E-state index contributed by atoms with van der Waals surface area (Å²) in [6.07, 6.45) is 6.84. The van der Waals surface area contributed by atoms with E-state index in [-0.39, 0.29) is 23.3 Å². The maximum Gasteiger partial charge on any atom is 0.280 e. The Bertz CT molecular complexity index is 1090. The van der Waals surface area contributed by atoms with Gasteiger partial charge in [-0.2, -0.15) is 5.26 Å². The first-order valence-corrected chi connectivity index (χ1v) is 11.1. The standard InChI is InChI=1S/C25H28F2N6O/c1-16(32-25(34)19-7-8-29-22(12-19)23(26)27)14-30-18(3)17(2)21-11-20(13-28)24(31-15-21)33-9-5-4-6-10-33/h7-8,11-12,14-15,20,23-24H,1,4-6,9-10H2,2-3H3,(H,32,34)/b18-17+,30-14?. The van der Waals surface area contributed by atoms with Gasteiger partial charge in [-0.05, 0) is 50.0 Å². The van der Waals surface area contributed by atoms with Gasteiger partial charge in [-0.25, -0.2) is 8.78 Å². The van der Waals surface area contributed by atoms with E-state index in [9.17, 15) is 18.8 Å². The number of nitrogens with zero attached hydrogens (tertiary/aromatic N) is 5. The molecule has 2 unspecified atom stereocenters. The number of nitrogens with one attached hydrogen (secondary N) is 1. The number of dihydropyridines is 1. The molecule has 0 radical (unpaired) electrons. The van der Waals surface area contributed by atoms with E-state index in [1.54, 1.807) is 6.21 Å².